The van der Waals surface area contributed by atoms with Gasteiger partial charge < -0.3 is 4.74 Å². The van der Waals surface area contributed by atoms with Crippen LogP contribution in [0.2, 0.25) is 0 Å². The molecule has 0 aromatic carbocycles. The summed E-state index contributed by atoms with van der Waals surface area (Å²) < 4.78 is 4.99. The van der Waals surface area contributed by atoms with Gasteiger partial charge in [0.05, 0.1) is 6.61 Å². The Morgan fingerprint density at radius 1 is 1.43 bits per heavy atom. The second-order valence-electron chi connectivity index (χ2n) is 5.72. The molecule has 0 N–H and O–H groups in total. The van der Waals surface area contributed by atoms with Crippen molar-refractivity contribution < 1.29 is 9.53 Å². The van der Waals surface area contributed by atoms with Gasteiger partial charge in [0.2, 0.25) is 0 Å². The van der Waals surface area contributed by atoms with Gasteiger partial charge >= 0.3 is 5.97 Å². The second-order valence-corrected chi connectivity index (χ2v) is 5.72. The van der Waals surface area contributed by atoms with E-state index in [1.807, 2.05) is 25.4 Å². The van der Waals surface area contributed by atoms with Crippen LogP contribution in [-0.2, 0) is 15.1 Å². The minimum absolute atomic E-state index is 0.0141. The Bertz CT molecular complexity index is 499. The number of allylic oxidation sites excluding steroid dienone is 1. The highest BCUT2D eigenvalue weighted by atomic mass is 16.5. The van der Waals surface area contributed by atoms with E-state index in [1.54, 1.807) is 6.08 Å². The Morgan fingerprint density at radius 3 is 2.67 bits per heavy atom. The molecule has 1 saturated carbocycles. The maximum Gasteiger partial charge on any atom is 0.330 e. The van der Waals surface area contributed by atoms with Crippen molar-refractivity contribution >= 4 is 5.97 Å². The van der Waals surface area contributed by atoms with Crippen molar-refractivity contribution in [2.45, 2.75) is 38.1 Å². The van der Waals surface area contributed by atoms with Gasteiger partial charge in [-0.2, -0.15) is 0 Å². The van der Waals surface area contributed by atoms with Crippen molar-refractivity contribution in [2.24, 2.45) is 0 Å². The van der Waals surface area contributed by atoms with E-state index in [4.69, 9.17) is 4.74 Å². The molecule has 1 aromatic heterocycles. The van der Waals surface area contributed by atoms with E-state index in [9.17, 15) is 4.79 Å². The zero-order chi connectivity index (χ0) is 15.3. The summed E-state index contributed by atoms with van der Waals surface area (Å²) in [7, 11) is 4.24. The molecule has 0 atom stereocenters. The van der Waals surface area contributed by atoms with Gasteiger partial charge in [-0.15, -0.1) is 0 Å². The van der Waals surface area contributed by atoms with Gasteiger partial charge in [-0.25, -0.2) is 4.79 Å². The molecule has 0 radical (unpaired) electrons. The van der Waals surface area contributed by atoms with Gasteiger partial charge in [-0.3, -0.25) is 9.88 Å². The standard InChI is InChI=1S/C17H24N2O2/c1-4-21-16(20)12-14-7-9-17(10-8-14,19(2)3)15-6-5-11-18-13-15/h5-6,11-13H,4,7-10H2,1-3H3. The lowest BCUT2D eigenvalue weighted by atomic mass is 9.74. The van der Waals surface area contributed by atoms with Crippen molar-refractivity contribution in [1.82, 2.24) is 9.88 Å². The molecule has 1 fully saturated rings. The zero-order valence-electron chi connectivity index (χ0n) is 13.1. The predicted octanol–water partition coefficient (Wildman–Crippen LogP) is 2.90. The van der Waals surface area contributed by atoms with Crippen LogP contribution in [0.3, 0.4) is 0 Å². The van der Waals surface area contributed by atoms with Gasteiger partial charge in [-0.1, -0.05) is 11.6 Å². The van der Waals surface area contributed by atoms with Crippen LogP contribution in [0.15, 0.2) is 36.2 Å². The smallest absolute Gasteiger partial charge is 0.330 e. The third-order valence-corrected chi connectivity index (χ3v) is 4.38. The third-order valence-electron chi connectivity index (χ3n) is 4.38. The lowest BCUT2D eigenvalue weighted by molar-refractivity contribution is -0.137. The van der Waals surface area contributed by atoms with E-state index in [1.165, 1.54) is 11.1 Å². The van der Waals surface area contributed by atoms with Gasteiger partial charge in [0, 0.05) is 24.0 Å². The third kappa shape index (κ3) is 3.50. The van der Waals surface area contributed by atoms with Crippen LogP contribution in [-0.4, -0.2) is 36.6 Å². The molecule has 0 spiro atoms. The molecule has 4 nitrogen and oxygen atoms in total. The van der Waals surface area contributed by atoms with Crippen LogP contribution in [0.4, 0.5) is 0 Å². The van der Waals surface area contributed by atoms with Crippen LogP contribution >= 0.6 is 0 Å². The largest absolute Gasteiger partial charge is 0.463 e. The van der Waals surface area contributed by atoms with Crippen LogP contribution in [0, 0.1) is 0 Å². The molecule has 1 aliphatic rings. The van der Waals surface area contributed by atoms with Gasteiger partial charge in [0.1, 0.15) is 0 Å². The van der Waals surface area contributed by atoms with Gasteiger partial charge in [-0.05, 0) is 58.3 Å². The second kappa shape index (κ2) is 6.85. The van der Waals surface area contributed by atoms with Crippen molar-refractivity contribution in [2.75, 3.05) is 20.7 Å². The van der Waals surface area contributed by atoms with E-state index in [0.717, 1.165) is 25.7 Å². The first-order chi connectivity index (χ1) is 10.1. The van der Waals surface area contributed by atoms with Crippen LogP contribution < -0.4 is 0 Å². The first-order valence-electron chi connectivity index (χ1n) is 7.52. The number of ether oxygens (including phenoxy) is 1. The van der Waals surface area contributed by atoms with E-state index in [2.05, 4.69) is 30.0 Å². The molecule has 0 bridgehead atoms. The van der Waals surface area contributed by atoms with Crippen LogP contribution in [0.1, 0.15) is 38.2 Å². The summed E-state index contributed by atoms with van der Waals surface area (Å²) >= 11 is 0. The number of esters is 1. The van der Waals surface area contributed by atoms with Gasteiger partial charge in [0.15, 0.2) is 0 Å². The first kappa shape index (κ1) is 15.7. The van der Waals surface area contributed by atoms with Crippen molar-refractivity contribution in [3.63, 3.8) is 0 Å². The summed E-state index contributed by atoms with van der Waals surface area (Å²) in [5, 5.41) is 0. The fourth-order valence-electron chi connectivity index (χ4n) is 3.11. The molecular formula is C17H24N2O2. The Kier molecular flexibility index (Phi) is 5.12. The number of carbonyl (C=O) groups excluding carboxylic acids is 1. The van der Waals surface area contributed by atoms with E-state index < -0.39 is 0 Å². The molecule has 0 amide bonds. The number of aromatic nitrogens is 1. The summed E-state index contributed by atoms with van der Waals surface area (Å²) in [6.45, 7) is 2.26. The molecule has 0 aliphatic heterocycles. The number of hydrogen-bond acceptors (Lipinski definition) is 4. The number of hydrogen-bond donors (Lipinski definition) is 0. The molecule has 1 aliphatic carbocycles. The van der Waals surface area contributed by atoms with Crippen LogP contribution in [0.25, 0.3) is 0 Å². The average molecular weight is 288 g/mol. The normalized spacial score (nSPS) is 22.2. The molecule has 4 heteroatoms. The van der Waals surface area contributed by atoms with E-state index in [-0.39, 0.29) is 11.5 Å². The summed E-state index contributed by atoms with van der Waals surface area (Å²) in [5.41, 5.74) is 2.46. The number of carbonyl (C=O) groups is 1. The maximum absolute atomic E-state index is 11.6. The highest BCUT2D eigenvalue weighted by Gasteiger charge is 2.37. The highest BCUT2D eigenvalue weighted by molar-refractivity contribution is 5.82. The summed E-state index contributed by atoms with van der Waals surface area (Å²) in [6.07, 6.45) is 9.28. The Balaban J connectivity index is 2.14. The lowest BCUT2D eigenvalue weighted by Gasteiger charge is -2.44. The van der Waals surface area contributed by atoms with E-state index >= 15 is 0 Å². The fraction of sp³-hybridized carbons (Fsp3) is 0.529. The summed E-state index contributed by atoms with van der Waals surface area (Å²) in [5.74, 6) is -0.216. The molecule has 114 valence electrons. The Morgan fingerprint density at radius 2 is 2.14 bits per heavy atom. The number of pyridine rings is 1. The topological polar surface area (TPSA) is 42.4 Å². The van der Waals surface area contributed by atoms with Crippen LogP contribution in [0.5, 0.6) is 0 Å². The molecule has 0 unspecified atom stereocenters. The number of nitrogens with zero attached hydrogens (tertiary/aromatic N) is 2. The average Bonchev–Trinajstić information content (AvgIpc) is 2.49. The quantitative estimate of drug-likeness (QED) is 0.631. The molecule has 1 aromatic rings. The molecule has 21 heavy (non-hydrogen) atoms. The monoisotopic (exact) mass is 288 g/mol. The van der Waals surface area contributed by atoms with Crippen molar-refractivity contribution in [3.05, 3.63) is 41.7 Å². The molecular weight excluding hydrogens is 264 g/mol. The SMILES string of the molecule is CCOC(=O)C=C1CCC(c2cccnc2)(N(C)C)CC1. The molecule has 1 heterocycles. The first-order valence-corrected chi connectivity index (χ1v) is 7.52. The highest BCUT2D eigenvalue weighted by Crippen LogP contribution is 2.42. The van der Waals surface area contributed by atoms with E-state index in [0.29, 0.717) is 6.61 Å². The maximum atomic E-state index is 11.6. The minimum Gasteiger partial charge on any atom is -0.463 e. The van der Waals surface area contributed by atoms with Crippen molar-refractivity contribution in [3.8, 4) is 0 Å². The predicted molar refractivity (Wildman–Crippen MR) is 82.8 cm³/mol. The summed E-state index contributed by atoms with van der Waals surface area (Å²) in [6, 6.07) is 4.14. The Labute approximate surface area is 126 Å². The van der Waals surface area contributed by atoms with Crippen molar-refractivity contribution in [1.29, 1.82) is 0 Å². The Hall–Kier alpha value is -1.68. The number of rotatable bonds is 4. The lowest BCUT2D eigenvalue weighted by Crippen LogP contribution is -2.43. The zero-order valence-corrected chi connectivity index (χ0v) is 13.1. The van der Waals surface area contributed by atoms with Gasteiger partial charge in [0.25, 0.3) is 0 Å². The molecule has 2 rings (SSSR count). The minimum atomic E-state index is -0.216. The fourth-order valence-corrected chi connectivity index (χ4v) is 3.11. The summed E-state index contributed by atoms with van der Waals surface area (Å²) in [4.78, 5) is 18.1. The molecule has 0 saturated heterocycles.